The fourth-order valence-corrected chi connectivity index (χ4v) is 5.67. The minimum absolute atomic E-state index is 0.0242. The summed E-state index contributed by atoms with van der Waals surface area (Å²) >= 11 is 1.61. The first-order chi connectivity index (χ1) is 16.7. The minimum Gasteiger partial charge on any atom is -0.357 e. The number of rotatable bonds is 5. The lowest BCUT2D eigenvalue weighted by atomic mass is 10.0. The van der Waals surface area contributed by atoms with E-state index in [9.17, 15) is 0 Å². The maximum Gasteiger partial charge on any atom is 0.245 e. The summed E-state index contributed by atoms with van der Waals surface area (Å²) in [5.74, 6) is 0.697. The van der Waals surface area contributed by atoms with Crippen molar-refractivity contribution in [3.63, 3.8) is 0 Å². The van der Waals surface area contributed by atoms with Crippen LogP contribution >= 0.6 is 11.3 Å². The van der Waals surface area contributed by atoms with Crippen LogP contribution in [0.25, 0.3) is 32.6 Å². The third kappa shape index (κ3) is 3.95. The number of fused-ring (bicyclic) bond motifs is 1. The Bertz CT molecular complexity index is 1280. The minimum atomic E-state index is 0.0242. The first-order valence-electron chi connectivity index (χ1n) is 11.8. The molecule has 5 heterocycles. The molecular weight excluding hydrogens is 448 g/mol. The summed E-state index contributed by atoms with van der Waals surface area (Å²) in [7, 11) is 4.24. The van der Waals surface area contributed by atoms with Gasteiger partial charge in [-0.15, -0.1) is 21.5 Å². The molecule has 0 radical (unpaired) electrons. The largest absolute Gasteiger partial charge is 0.357 e. The second kappa shape index (κ2) is 9.01. The van der Waals surface area contributed by atoms with Crippen LogP contribution in [0.4, 0.5) is 5.95 Å². The van der Waals surface area contributed by atoms with Gasteiger partial charge in [-0.2, -0.15) is 5.10 Å². The van der Waals surface area contributed by atoms with E-state index in [1.54, 1.807) is 11.3 Å². The standard InChI is InChI=1S/C24H28N8OS/c1-30(2)17-8-9-31(14-17)24-25-12-20(28-29-24)19-7-6-18(22-23(19)34-15-26-22)16-11-27-32(13-16)21-5-3-4-10-33-21/h6-7,11-13,15,17,21H,3-5,8-10,14H2,1-2H3. The van der Waals surface area contributed by atoms with Crippen LogP contribution in [0.3, 0.4) is 0 Å². The van der Waals surface area contributed by atoms with Gasteiger partial charge >= 0.3 is 0 Å². The van der Waals surface area contributed by atoms with Crippen molar-refractivity contribution in [3.8, 4) is 22.4 Å². The van der Waals surface area contributed by atoms with E-state index in [4.69, 9.17) is 4.74 Å². The van der Waals surface area contributed by atoms with Crippen LogP contribution in [0.2, 0.25) is 0 Å². The fraction of sp³-hybridized carbons (Fsp3) is 0.458. The zero-order chi connectivity index (χ0) is 23.1. The van der Waals surface area contributed by atoms with Crippen molar-refractivity contribution >= 4 is 27.5 Å². The average molecular weight is 477 g/mol. The third-order valence-electron chi connectivity index (χ3n) is 6.85. The number of aromatic nitrogens is 6. The van der Waals surface area contributed by atoms with E-state index in [1.165, 1.54) is 6.42 Å². The average Bonchev–Trinajstić information content (AvgIpc) is 3.65. The topological polar surface area (TPSA) is 85.1 Å². The highest BCUT2D eigenvalue weighted by molar-refractivity contribution is 7.17. The van der Waals surface area contributed by atoms with Crippen molar-refractivity contribution in [2.24, 2.45) is 0 Å². The van der Waals surface area contributed by atoms with E-state index < -0.39 is 0 Å². The normalized spacial score (nSPS) is 21.1. The summed E-state index contributed by atoms with van der Waals surface area (Å²) in [5, 5.41) is 13.6. The lowest BCUT2D eigenvalue weighted by Crippen LogP contribution is -2.32. The summed E-state index contributed by atoms with van der Waals surface area (Å²) < 4.78 is 8.90. The zero-order valence-electron chi connectivity index (χ0n) is 19.5. The molecular formula is C24H28N8OS. The number of anilines is 1. The Morgan fingerprint density at radius 2 is 1.97 bits per heavy atom. The number of ether oxygens (including phenoxy) is 1. The molecule has 2 aliphatic rings. The molecule has 4 aromatic rings. The Hall–Kier alpha value is -2.95. The van der Waals surface area contributed by atoms with Crippen LogP contribution in [0, 0.1) is 0 Å². The quantitative estimate of drug-likeness (QED) is 0.429. The smallest absolute Gasteiger partial charge is 0.245 e. The first kappa shape index (κ1) is 21.6. The van der Waals surface area contributed by atoms with Gasteiger partial charge in [-0.1, -0.05) is 12.1 Å². The molecule has 0 N–H and O–H groups in total. The Morgan fingerprint density at radius 3 is 2.74 bits per heavy atom. The molecule has 0 amide bonds. The SMILES string of the molecule is CN(C)C1CCN(c2ncc(-c3ccc(-c4cnn(C5CCCCO5)c4)c4ncsc34)nn2)C1. The van der Waals surface area contributed by atoms with Gasteiger partial charge in [-0.3, -0.25) is 0 Å². The Labute approximate surface area is 202 Å². The highest BCUT2D eigenvalue weighted by Crippen LogP contribution is 2.37. The van der Waals surface area contributed by atoms with Crippen molar-refractivity contribution in [2.45, 2.75) is 38.0 Å². The lowest BCUT2D eigenvalue weighted by molar-refractivity contribution is -0.0394. The molecule has 0 saturated carbocycles. The van der Waals surface area contributed by atoms with E-state index >= 15 is 0 Å². The molecule has 9 nitrogen and oxygen atoms in total. The summed E-state index contributed by atoms with van der Waals surface area (Å²) in [5.41, 5.74) is 6.70. The molecule has 2 unspecified atom stereocenters. The second-order valence-electron chi connectivity index (χ2n) is 9.22. The number of hydrogen-bond acceptors (Lipinski definition) is 9. The Balaban J connectivity index is 1.27. The van der Waals surface area contributed by atoms with Gasteiger partial charge in [0, 0.05) is 48.6 Å². The number of likely N-dealkylation sites (N-methyl/N-ethyl adjacent to an activating group) is 1. The van der Waals surface area contributed by atoms with E-state index in [0.717, 1.165) is 71.6 Å². The Kier molecular flexibility index (Phi) is 5.72. The van der Waals surface area contributed by atoms with Crippen LogP contribution in [0.15, 0.2) is 36.2 Å². The van der Waals surface area contributed by atoms with Crippen LogP contribution in [-0.2, 0) is 4.74 Å². The first-order valence-corrected chi connectivity index (χ1v) is 12.7. The van der Waals surface area contributed by atoms with Crippen LogP contribution in [0.5, 0.6) is 0 Å². The Morgan fingerprint density at radius 1 is 1.06 bits per heavy atom. The van der Waals surface area contributed by atoms with Crippen LogP contribution < -0.4 is 4.90 Å². The van der Waals surface area contributed by atoms with E-state index in [-0.39, 0.29) is 6.23 Å². The molecule has 1 aromatic carbocycles. The molecule has 0 bridgehead atoms. The third-order valence-corrected chi connectivity index (χ3v) is 7.71. The van der Waals surface area contributed by atoms with E-state index in [2.05, 4.69) is 67.5 Å². The lowest BCUT2D eigenvalue weighted by Gasteiger charge is -2.22. The predicted octanol–water partition coefficient (Wildman–Crippen LogP) is 3.85. The number of benzene rings is 1. The second-order valence-corrected chi connectivity index (χ2v) is 10.1. The van der Waals surface area contributed by atoms with Gasteiger partial charge in [0.05, 0.1) is 28.1 Å². The number of thiazole rings is 1. The zero-order valence-corrected chi connectivity index (χ0v) is 20.3. The molecule has 2 saturated heterocycles. The van der Waals surface area contributed by atoms with Crippen molar-refractivity contribution in [1.82, 2.24) is 34.8 Å². The summed E-state index contributed by atoms with van der Waals surface area (Å²) in [6.45, 7) is 2.69. The maximum atomic E-state index is 5.89. The highest BCUT2D eigenvalue weighted by atomic mass is 32.1. The van der Waals surface area contributed by atoms with E-state index in [0.29, 0.717) is 12.0 Å². The monoisotopic (exact) mass is 476 g/mol. The number of nitrogens with zero attached hydrogens (tertiary/aromatic N) is 8. The van der Waals surface area contributed by atoms with Gasteiger partial charge < -0.3 is 14.5 Å². The molecule has 6 rings (SSSR count). The molecule has 0 spiro atoms. The summed E-state index contributed by atoms with van der Waals surface area (Å²) in [6, 6.07) is 4.72. The molecule has 0 aliphatic carbocycles. The molecule has 2 atom stereocenters. The molecule has 2 fully saturated rings. The van der Waals surface area contributed by atoms with Crippen molar-refractivity contribution in [2.75, 3.05) is 38.7 Å². The van der Waals surface area contributed by atoms with Gasteiger partial charge in [-0.25, -0.2) is 14.6 Å². The molecule has 176 valence electrons. The van der Waals surface area contributed by atoms with Gasteiger partial charge in [0.2, 0.25) is 5.95 Å². The van der Waals surface area contributed by atoms with Gasteiger partial charge in [0.25, 0.3) is 0 Å². The van der Waals surface area contributed by atoms with Crippen molar-refractivity contribution in [3.05, 3.63) is 36.2 Å². The predicted molar refractivity (Wildman–Crippen MR) is 133 cm³/mol. The summed E-state index contributed by atoms with van der Waals surface area (Å²) in [4.78, 5) is 13.8. The molecule has 34 heavy (non-hydrogen) atoms. The molecule has 10 heteroatoms. The van der Waals surface area contributed by atoms with Gasteiger partial charge in [0.15, 0.2) is 0 Å². The maximum absolute atomic E-state index is 5.89. The highest BCUT2D eigenvalue weighted by Gasteiger charge is 2.26. The van der Waals surface area contributed by atoms with E-state index in [1.807, 2.05) is 22.6 Å². The fourth-order valence-electron chi connectivity index (χ4n) is 4.83. The van der Waals surface area contributed by atoms with Gasteiger partial charge in [-0.05, 0) is 39.8 Å². The van der Waals surface area contributed by atoms with Crippen LogP contribution in [-0.4, -0.2) is 74.7 Å². The summed E-state index contributed by atoms with van der Waals surface area (Å²) in [6.07, 6.45) is 10.2. The molecule has 3 aromatic heterocycles. The van der Waals surface area contributed by atoms with Crippen LogP contribution in [0.1, 0.15) is 31.9 Å². The van der Waals surface area contributed by atoms with Crippen molar-refractivity contribution in [1.29, 1.82) is 0 Å². The van der Waals surface area contributed by atoms with Crippen molar-refractivity contribution < 1.29 is 4.74 Å². The molecule has 2 aliphatic heterocycles. The van der Waals surface area contributed by atoms with Gasteiger partial charge in [0.1, 0.15) is 11.9 Å². The number of hydrogen-bond donors (Lipinski definition) is 0.